The minimum absolute atomic E-state index is 0.0920. The van der Waals surface area contributed by atoms with Gasteiger partial charge in [-0.15, -0.1) is 0 Å². The van der Waals surface area contributed by atoms with Crippen molar-refractivity contribution < 1.29 is 9.15 Å². The lowest BCUT2D eigenvalue weighted by Gasteiger charge is -2.37. The maximum atomic E-state index is 6.82. The first kappa shape index (κ1) is 31.3. The summed E-state index contributed by atoms with van der Waals surface area (Å²) in [7, 11) is 0. The third-order valence-electron chi connectivity index (χ3n) is 9.09. The summed E-state index contributed by atoms with van der Waals surface area (Å²) in [4.78, 5) is 0. The van der Waals surface area contributed by atoms with E-state index in [0.29, 0.717) is 10.0 Å². The van der Waals surface area contributed by atoms with Crippen LogP contribution in [-0.4, -0.2) is 5.60 Å². The summed E-state index contributed by atoms with van der Waals surface area (Å²) in [6.45, 7) is 8.92. The molecule has 0 amide bonds. The fraction of sp³-hybridized carbons (Fsp3) is 0.611. The molecule has 0 radical (unpaired) electrons. The minimum atomic E-state index is -0.0920. The molecule has 0 saturated heterocycles. The standard InChI is InChI=1S/C36H50Cl2O2/c1-5-6-7-8-9-10-11-12-13-14-15-16-17-18-22-36(4)23-21-29-30-25-33(28-19-20-31(37)32(38)24-28)39-34(30)26(2)27(3)35(29)40-36/h19-20,24-25H,5-18,21-23H2,1-4H3. The topological polar surface area (TPSA) is 22.4 Å². The van der Waals surface area contributed by atoms with Gasteiger partial charge in [0.15, 0.2) is 0 Å². The first-order valence-corrected chi connectivity index (χ1v) is 16.8. The van der Waals surface area contributed by atoms with Crippen molar-refractivity contribution >= 4 is 34.2 Å². The third-order valence-corrected chi connectivity index (χ3v) is 9.83. The fourth-order valence-electron chi connectivity index (χ4n) is 6.32. The van der Waals surface area contributed by atoms with E-state index in [1.807, 2.05) is 18.2 Å². The molecule has 220 valence electrons. The maximum absolute atomic E-state index is 6.82. The molecular formula is C36H50Cl2O2. The number of furan rings is 1. The highest BCUT2D eigenvalue weighted by molar-refractivity contribution is 6.42. The Labute approximate surface area is 253 Å². The van der Waals surface area contributed by atoms with Gasteiger partial charge < -0.3 is 9.15 Å². The van der Waals surface area contributed by atoms with Gasteiger partial charge in [0.05, 0.1) is 10.0 Å². The highest BCUT2D eigenvalue weighted by Crippen LogP contribution is 2.46. The largest absolute Gasteiger partial charge is 0.487 e. The fourth-order valence-corrected chi connectivity index (χ4v) is 6.62. The Morgan fingerprint density at radius 1 is 0.750 bits per heavy atom. The summed E-state index contributed by atoms with van der Waals surface area (Å²) in [5.74, 6) is 1.89. The van der Waals surface area contributed by atoms with Crippen molar-refractivity contribution in [1.82, 2.24) is 0 Å². The highest BCUT2D eigenvalue weighted by atomic mass is 35.5. The average Bonchev–Trinajstić information content (AvgIpc) is 3.39. The molecule has 0 spiro atoms. The van der Waals surface area contributed by atoms with Crippen molar-refractivity contribution in [1.29, 1.82) is 0 Å². The minimum Gasteiger partial charge on any atom is -0.487 e. The first-order valence-electron chi connectivity index (χ1n) is 16.0. The molecule has 0 saturated carbocycles. The molecule has 1 unspecified atom stereocenters. The van der Waals surface area contributed by atoms with Gasteiger partial charge in [-0.05, 0) is 81.8 Å². The molecule has 1 atom stereocenters. The Morgan fingerprint density at radius 2 is 1.35 bits per heavy atom. The van der Waals surface area contributed by atoms with Crippen LogP contribution in [-0.2, 0) is 6.42 Å². The molecule has 4 rings (SSSR count). The first-order chi connectivity index (χ1) is 19.3. The summed E-state index contributed by atoms with van der Waals surface area (Å²) in [5, 5.41) is 2.26. The van der Waals surface area contributed by atoms with Crippen LogP contribution in [0.4, 0.5) is 0 Å². The number of hydrogen-bond donors (Lipinski definition) is 0. The summed E-state index contributed by atoms with van der Waals surface area (Å²) < 4.78 is 13.2. The van der Waals surface area contributed by atoms with Crippen LogP contribution in [0.2, 0.25) is 10.0 Å². The molecule has 1 aliphatic rings. The van der Waals surface area contributed by atoms with Gasteiger partial charge in [-0.2, -0.15) is 0 Å². The third kappa shape index (κ3) is 8.01. The van der Waals surface area contributed by atoms with Gasteiger partial charge in [-0.1, -0.05) is 114 Å². The summed E-state index contributed by atoms with van der Waals surface area (Å²) in [6.07, 6.45) is 22.7. The molecule has 0 fully saturated rings. The number of halogens is 2. The monoisotopic (exact) mass is 584 g/mol. The van der Waals surface area contributed by atoms with Crippen LogP contribution in [0, 0.1) is 13.8 Å². The van der Waals surface area contributed by atoms with E-state index in [1.54, 1.807) is 0 Å². The lowest BCUT2D eigenvalue weighted by molar-refractivity contribution is 0.0530. The second kappa shape index (κ2) is 15.0. The SMILES string of the molecule is CCCCCCCCCCCCCCCCC1(C)CCc2c(c(C)c(C)c3oc(-c4ccc(Cl)c(Cl)c4)cc23)O1. The van der Waals surface area contributed by atoms with E-state index in [4.69, 9.17) is 32.4 Å². The van der Waals surface area contributed by atoms with Gasteiger partial charge in [-0.25, -0.2) is 0 Å². The molecule has 0 bridgehead atoms. The molecule has 2 aromatic carbocycles. The zero-order valence-corrected chi connectivity index (χ0v) is 26.9. The smallest absolute Gasteiger partial charge is 0.138 e. The maximum Gasteiger partial charge on any atom is 0.138 e. The van der Waals surface area contributed by atoms with Crippen molar-refractivity contribution in [3.05, 3.63) is 51.0 Å². The molecule has 0 aliphatic carbocycles. The Kier molecular flexibility index (Phi) is 11.7. The number of aryl methyl sites for hydroxylation is 2. The number of benzene rings is 2. The van der Waals surface area contributed by atoms with Gasteiger partial charge in [0.25, 0.3) is 0 Å². The zero-order valence-electron chi connectivity index (χ0n) is 25.4. The van der Waals surface area contributed by atoms with Gasteiger partial charge in [-0.3, -0.25) is 0 Å². The highest BCUT2D eigenvalue weighted by Gasteiger charge is 2.34. The number of ether oxygens (including phenoxy) is 1. The van der Waals surface area contributed by atoms with Crippen LogP contribution in [0.1, 0.15) is 133 Å². The van der Waals surface area contributed by atoms with Crippen molar-refractivity contribution in [2.24, 2.45) is 0 Å². The van der Waals surface area contributed by atoms with Gasteiger partial charge in [0.1, 0.15) is 22.7 Å². The van der Waals surface area contributed by atoms with Crippen LogP contribution >= 0.6 is 23.2 Å². The average molecular weight is 586 g/mol. The second-order valence-corrected chi connectivity index (χ2v) is 13.3. The molecule has 40 heavy (non-hydrogen) atoms. The molecule has 3 aromatic rings. The number of rotatable bonds is 16. The predicted octanol–water partition coefficient (Wildman–Crippen LogP) is 13.0. The van der Waals surface area contributed by atoms with Crippen LogP contribution in [0.5, 0.6) is 5.75 Å². The van der Waals surface area contributed by atoms with E-state index < -0.39 is 0 Å². The van der Waals surface area contributed by atoms with Crippen LogP contribution < -0.4 is 4.74 Å². The van der Waals surface area contributed by atoms with E-state index in [0.717, 1.165) is 52.9 Å². The zero-order chi connectivity index (χ0) is 28.5. The molecule has 1 aliphatic heterocycles. The van der Waals surface area contributed by atoms with Gasteiger partial charge >= 0.3 is 0 Å². The Morgan fingerprint density at radius 3 is 1.95 bits per heavy atom. The lowest BCUT2D eigenvalue weighted by Crippen LogP contribution is -2.36. The Balaban J connectivity index is 1.24. The van der Waals surface area contributed by atoms with Crippen molar-refractivity contribution in [2.45, 2.75) is 142 Å². The Bertz CT molecular complexity index is 1240. The molecular weight excluding hydrogens is 535 g/mol. The number of fused-ring (bicyclic) bond motifs is 3. The van der Waals surface area contributed by atoms with Gasteiger partial charge in [0.2, 0.25) is 0 Å². The Hall–Kier alpha value is -1.64. The van der Waals surface area contributed by atoms with E-state index in [1.165, 1.54) is 101 Å². The lowest BCUT2D eigenvalue weighted by atomic mass is 9.85. The number of unbranched alkanes of at least 4 members (excludes halogenated alkanes) is 13. The second-order valence-electron chi connectivity index (χ2n) is 12.4. The normalized spacial score (nSPS) is 16.9. The summed E-state index contributed by atoms with van der Waals surface area (Å²) in [5.41, 5.74) is 5.44. The number of hydrogen-bond acceptors (Lipinski definition) is 2. The molecule has 0 N–H and O–H groups in total. The summed E-state index contributed by atoms with van der Waals surface area (Å²) in [6, 6.07) is 7.82. The molecule has 2 nitrogen and oxygen atoms in total. The van der Waals surface area contributed by atoms with Crippen molar-refractivity contribution in [3.8, 4) is 17.1 Å². The molecule has 2 heterocycles. The predicted molar refractivity (Wildman–Crippen MR) is 173 cm³/mol. The van der Waals surface area contributed by atoms with E-state index in [-0.39, 0.29) is 5.60 Å². The summed E-state index contributed by atoms with van der Waals surface area (Å²) >= 11 is 12.4. The van der Waals surface area contributed by atoms with Crippen molar-refractivity contribution in [2.75, 3.05) is 0 Å². The van der Waals surface area contributed by atoms with Gasteiger partial charge in [0, 0.05) is 16.5 Å². The van der Waals surface area contributed by atoms with E-state index in [9.17, 15) is 0 Å². The van der Waals surface area contributed by atoms with Crippen LogP contribution in [0.25, 0.3) is 22.3 Å². The van der Waals surface area contributed by atoms with Crippen LogP contribution in [0.3, 0.4) is 0 Å². The van der Waals surface area contributed by atoms with Crippen molar-refractivity contribution in [3.63, 3.8) is 0 Å². The molecule has 1 aromatic heterocycles. The van der Waals surface area contributed by atoms with E-state index >= 15 is 0 Å². The molecule has 4 heteroatoms. The quantitative estimate of drug-likeness (QED) is 0.156. The van der Waals surface area contributed by atoms with Crippen LogP contribution in [0.15, 0.2) is 28.7 Å². The van der Waals surface area contributed by atoms with E-state index in [2.05, 4.69) is 33.8 Å².